The lowest BCUT2D eigenvalue weighted by atomic mass is 10.0. The van der Waals surface area contributed by atoms with Gasteiger partial charge in [-0.15, -0.1) is 0 Å². The zero-order chi connectivity index (χ0) is 20.0. The van der Waals surface area contributed by atoms with Gasteiger partial charge in [-0.3, -0.25) is 19.7 Å². The standard InChI is InChI=1S/C18H23ClN4O4/c1-11(2)16(18(25)21-10-12-5-7-20-8-6-12)22-17(24)14-4-3-13(23(26)27)9-15(14)19/h3-5,9,11,16,20H,6-8,10H2,1-2H3,(H,21,25)(H,22,24). The first-order valence-electron chi connectivity index (χ1n) is 8.70. The Morgan fingerprint density at radius 1 is 1.37 bits per heavy atom. The average molecular weight is 395 g/mol. The minimum atomic E-state index is -0.744. The molecule has 1 atom stereocenters. The highest BCUT2D eigenvalue weighted by Gasteiger charge is 2.26. The first-order chi connectivity index (χ1) is 12.8. The SMILES string of the molecule is CC(C)C(NC(=O)c1ccc([N+](=O)[O-])cc1Cl)C(=O)NCC1=CCNCC1. The molecule has 1 aliphatic heterocycles. The van der Waals surface area contributed by atoms with Crippen LogP contribution >= 0.6 is 11.6 Å². The molecule has 0 saturated heterocycles. The van der Waals surface area contributed by atoms with Gasteiger partial charge >= 0.3 is 0 Å². The normalized spacial score (nSPS) is 15.0. The highest BCUT2D eigenvalue weighted by Crippen LogP contribution is 2.22. The molecule has 146 valence electrons. The van der Waals surface area contributed by atoms with Crippen LogP contribution in [0.4, 0.5) is 5.69 Å². The van der Waals surface area contributed by atoms with Crippen molar-refractivity contribution in [2.24, 2.45) is 5.92 Å². The van der Waals surface area contributed by atoms with Gasteiger partial charge in [0.05, 0.1) is 15.5 Å². The zero-order valence-corrected chi connectivity index (χ0v) is 16.0. The third kappa shape index (κ3) is 5.77. The van der Waals surface area contributed by atoms with Crippen molar-refractivity contribution in [1.29, 1.82) is 0 Å². The van der Waals surface area contributed by atoms with Crippen LogP contribution in [0.2, 0.25) is 5.02 Å². The Morgan fingerprint density at radius 2 is 2.11 bits per heavy atom. The molecule has 0 bridgehead atoms. The maximum absolute atomic E-state index is 12.5. The number of amides is 2. The van der Waals surface area contributed by atoms with Crippen LogP contribution in [-0.2, 0) is 4.79 Å². The molecule has 2 rings (SSSR count). The molecule has 0 spiro atoms. The topological polar surface area (TPSA) is 113 Å². The second-order valence-corrected chi connectivity index (χ2v) is 7.06. The lowest BCUT2D eigenvalue weighted by molar-refractivity contribution is -0.384. The molecular weight excluding hydrogens is 372 g/mol. The van der Waals surface area contributed by atoms with Crippen molar-refractivity contribution in [1.82, 2.24) is 16.0 Å². The lowest BCUT2D eigenvalue weighted by Gasteiger charge is -2.23. The molecule has 1 aliphatic rings. The van der Waals surface area contributed by atoms with Crippen LogP contribution in [0.15, 0.2) is 29.8 Å². The summed E-state index contributed by atoms with van der Waals surface area (Å²) in [6.45, 7) is 5.76. The number of nitro groups is 1. The molecule has 0 fully saturated rings. The molecule has 3 N–H and O–H groups in total. The number of non-ortho nitro benzene ring substituents is 1. The van der Waals surface area contributed by atoms with Gasteiger partial charge in [-0.2, -0.15) is 0 Å². The van der Waals surface area contributed by atoms with E-state index in [2.05, 4.69) is 16.0 Å². The van der Waals surface area contributed by atoms with E-state index < -0.39 is 16.9 Å². The summed E-state index contributed by atoms with van der Waals surface area (Å²) in [5.41, 5.74) is 1.03. The molecule has 8 nitrogen and oxygen atoms in total. The smallest absolute Gasteiger partial charge is 0.270 e. The van der Waals surface area contributed by atoms with E-state index in [4.69, 9.17) is 11.6 Å². The van der Waals surface area contributed by atoms with Gasteiger partial charge in [-0.25, -0.2) is 0 Å². The fourth-order valence-corrected chi connectivity index (χ4v) is 2.96. The molecule has 0 saturated carbocycles. The molecule has 1 aromatic rings. The third-order valence-electron chi connectivity index (χ3n) is 4.29. The van der Waals surface area contributed by atoms with Gasteiger partial charge in [-0.05, 0) is 24.9 Å². The van der Waals surface area contributed by atoms with E-state index in [1.165, 1.54) is 12.1 Å². The third-order valence-corrected chi connectivity index (χ3v) is 4.60. The van der Waals surface area contributed by atoms with Gasteiger partial charge in [0.1, 0.15) is 6.04 Å². The average Bonchev–Trinajstić information content (AvgIpc) is 2.64. The highest BCUT2D eigenvalue weighted by molar-refractivity contribution is 6.34. The molecule has 27 heavy (non-hydrogen) atoms. The number of nitro benzene ring substituents is 1. The van der Waals surface area contributed by atoms with Gasteiger partial charge in [0.25, 0.3) is 11.6 Å². The van der Waals surface area contributed by atoms with Gasteiger partial charge < -0.3 is 16.0 Å². The first kappa shape index (κ1) is 20.9. The monoisotopic (exact) mass is 394 g/mol. The number of hydrogen-bond acceptors (Lipinski definition) is 5. The summed E-state index contributed by atoms with van der Waals surface area (Å²) >= 11 is 5.99. The van der Waals surface area contributed by atoms with E-state index in [1.54, 1.807) is 0 Å². The number of halogens is 1. The second-order valence-electron chi connectivity index (χ2n) is 6.65. The van der Waals surface area contributed by atoms with Crippen molar-refractivity contribution < 1.29 is 14.5 Å². The molecular formula is C18H23ClN4O4. The zero-order valence-electron chi connectivity index (χ0n) is 15.3. The number of carbonyl (C=O) groups is 2. The minimum Gasteiger partial charge on any atom is -0.351 e. The Balaban J connectivity index is 2.04. The maximum Gasteiger partial charge on any atom is 0.270 e. The van der Waals surface area contributed by atoms with Crippen LogP contribution < -0.4 is 16.0 Å². The molecule has 2 amide bonds. The fraction of sp³-hybridized carbons (Fsp3) is 0.444. The number of hydrogen-bond donors (Lipinski definition) is 3. The summed E-state index contributed by atoms with van der Waals surface area (Å²) in [5, 5.41) is 19.5. The van der Waals surface area contributed by atoms with Gasteiger partial charge in [0.2, 0.25) is 5.91 Å². The second kappa shape index (κ2) is 9.48. The van der Waals surface area contributed by atoms with Crippen LogP contribution in [-0.4, -0.2) is 42.4 Å². The van der Waals surface area contributed by atoms with Crippen LogP contribution in [0.5, 0.6) is 0 Å². The number of benzene rings is 1. The number of rotatable bonds is 7. The first-order valence-corrected chi connectivity index (χ1v) is 9.08. The predicted molar refractivity (Wildman–Crippen MR) is 103 cm³/mol. The molecule has 0 radical (unpaired) electrons. The molecule has 9 heteroatoms. The van der Waals surface area contributed by atoms with Crippen molar-refractivity contribution >= 4 is 29.1 Å². The Hall–Kier alpha value is -2.45. The van der Waals surface area contributed by atoms with Gasteiger partial charge in [0, 0.05) is 25.2 Å². The lowest BCUT2D eigenvalue weighted by Crippen LogP contribution is -2.50. The number of carbonyl (C=O) groups excluding carboxylic acids is 2. The van der Waals surface area contributed by atoms with Crippen molar-refractivity contribution in [3.63, 3.8) is 0 Å². The van der Waals surface area contributed by atoms with E-state index in [1.807, 2.05) is 19.9 Å². The molecule has 1 aromatic carbocycles. The van der Waals surface area contributed by atoms with Crippen molar-refractivity contribution in [3.05, 3.63) is 50.5 Å². The van der Waals surface area contributed by atoms with Crippen LogP contribution in [0, 0.1) is 16.0 Å². The predicted octanol–water partition coefficient (Wildman–Crippen LogP) is 2.04. The molecule has 0 aromatic heterocycles. The molecule has 1 heterocycles. The summed E-state index contributed by atoms with van der Waals surface area (Å²) in [5.74, 6) is -0.978. The van der Waals surface area contributed by atoms with Crippen LogP contribution in [0.25, 0.3) is 0 Å². The van der Waals surface area contributed by atoms with Crippen molar-refractivity contribution in [2.45, 2.75) is 26.3 Å². The van der Waals surface area contributed by atoms with Crippen molar-refractivity contribution in [3.8, 4) is 0 Å². The van der Waals surface area contributed by atoms with Crippen LogP contribution in [0.1, 0.15) is 30.6 Å². The van der Waals surface area contributed by atoms with Crippen molar-refractivity contribution in [2.75, 3.05) is 19.6 Å². The van der Waals surface area contributed by atoms with Gasteiger partial charge in [0.15, 0.2) is 0 Å². The Labute approximate surface area is 162 Å². The Bertz CT molecular complexity index is 764. The summed E-state index contributed by atoms with van der Waals surface area (Å²) in [6, 6.07) is 2.86. The van der Waals surface area contributed by atoms with Crippen LogP contribution in [0.3, 0.4) is 0 Å². The summed E-state index contributed by atoms with van der Waals surface area (Å²) in [6.07, 6.45) is 2.92. The minimum absolute atomic E-state index is 0.0375. The Morgan fingerprint density at radius 3 is 2.67 bits per heavy atom. The Kier molecular flexibility index (Phi) is 7.32. The van der Waals surface area contributed by atoms with E-state index in [0.717, 1.165) is 31.1 Å². The largest absolute Gasteiger partial charge is 0.351 e. The number of nitrogens with zero attached hydrogens (tertiary/aromatic N) is 1. The quantitative estimate of drug-likeness (QED) is 0.372. The molecule has 0 aliphatic carbocycles. The highest BCUT2D eigenvalue weighted by atomic mass is 35.5. The fourth-order valence-electron chi connectivity index (χ4n) is 2.70. The maximum atomic E-state index is 12.5. The van der Waals surface area contributed by atoms with E-state index in [-0.39, 0.29) is 28.1 Å². The summed E-state index contributed by atoms with van der Waals surface area (Å²) in [4.78, 5) is 35.2. The van der Waals surface area contributed by atoms with E-state index in [9.17, 15) is 19.7 Å². The molecule has 1 unspecified atom stereocenters. The summed E-state index contributed by atoms with van der Waals surface area (Å²) in [7, 11) is 0. The van der Waals surface area contributed by atoms with E-state index in [0.29, 0.717) is 6.54 Å². The number of nitrogens with one attached hydrogen (secondary N) is 3. The van der Waals surface area contributed by atoms with E-state index >= 15 is 0 Å². The van der Waals surface area contributed by atoms with Gasteiger partial charge in [-0.1, -0.05) is 37.1 Å². The summed E-state index contributed by atoms with van der Waals surface area (Å²) < 4.78 is 0.